The molecule has 0 bridgehead atoms. The van der Waals surface area contributed by atoms with Gasteiger partial charge in [-0.05, 0) is 13.8 Å². The molecule has 46 heavy (non-hydrogen) atoms. The van der Waals surface area contributed by atoms with Gasteiger partial charge in [-0.2, -0.15) is 0 Å². The van der Waals surface area contributed by atoms with Crippen LogP contribution in [0.15, 0.2) is 0 Å². The minimum atomic E-state index is -1.97. The van der Waals surface area contributed by atoms with Gasteiger partial charge in [-0.3, -0.25) is 4.79 Å². The minimum absolute atomic E-state index is 0.714. The van der Waals surface area contributed by atoms with Crippen molar-refractivity contribution in [2.45, 2.75) is 144 Å². The summed E-state index contributed by atoms with van der Waals surface area (Å²) in [6.45, 7) is 2.16. The van der Waals surface area contributed by atoms with Crippen molar-refractivity contribution in [1.82, 2.24) is 5.32 Å². The highest BCUT2D eigenvalue weighted by Crippen LogP contribution is 2.34. The van der Waals surface area contributed by atoms with Crippen molar-refractivity contribution in [3.8, 4) is 0 Å². The van der Waals surface area contributed by atoms with Crippen LogP contribution in [-0.2, 0) is 38.0 Å². The molecule has 0 aromatic rings. The van der Waals surface area contributed by atoms with E-state index in [9.17, 15) is 61.0 Å². The molecule has 12 N–H and O–H groups in total. The Hall–Kier alpha value is -1.25. The van der Waals surface area contributed by atoms with E-state index in [2.05, 4.69) is 5.32 Å². The number of carbonyl (C=O) groups excluding carboxylic acids is 1. The lowest BCUT2D eigenvalue weighted by molar-refractivity contribution is -0.379. The van der Waals surface area contributed by atoms with Gasteiger partial charge in [-0.15, -0.1) is 0 Å². The van der Waals surface area contributed by atoms with E-state index in [-0.39, 0.29) is 0 Å². The molecule has 4 saturated heterocycles. The first-order valence-corrected chi connectivity index (χ1v) is 14.8. The molecule has 0 spiro atoms. The zero-order valence-corrected chi connectivity index (χ0v) is 25.1. The van der Waals surface area contributed by atoms with Crippen molar-refractivity contribution < 1.29 is 94.1 Å². The van der Waals surface area contributed by atoms with Gasteiger partial charge in [-0.25, -0.2) is 0 Å². The number of carbonyl (C=O) groups is 1. The molecule has 20 heteroatoms. The summed E-state index contributed by atoms with van der Waals surface area (Å²) in [4.78, 5) is 12.2. The molecule has 268 valence electrons. The van der Waals surface area contributed by atoms with E-state index in [1.54, 1.807) is 0 Å². The van der Waals surface area contributed by atoms with Crippen LogP contribution < -0.4 is 5.32 Å². The van der Waals surface area contributed by atoms with Crippen LogP contribution in [0.25, 0.3) is 0 Å². The lowest BCUT2D eigenvalue weighted by Gasteiger charge is -2.50. The highest BCUT2D eigenvalue weighted by atomic mass is 16.8. The van der Waals surface area contributed by atoms with E-state index in [0.717, 1.165) is 6.92 Å². The summed E-state index contributed by atoms with van der Waals surface area (Å²) < 4.78 is 38.9. The third-order valence-corrected chi connectivity index (χ3v) is 8.53. The van der Waals surface area contributed by atoms with Gasteiger partial charge in [-0.1, -0.05) is 0 Å². The summed E-state index contributed by atoms with van der Waals surface area (Å²) in [6, 6.07) is -1.53. The van der Waals surface area contributed by atoms with Gasteiger partial charge in [0.15, 0.2) is 25.2 Å². The van der Waals surface area contributed by atoms with E-state index in [1.165, 1.54) is 13.8 Å². The van der Waals surface area contributed by atoms with Crippen LogP contribution in [0.2, 0.25) is 0 Å². The summed E-state index contributed by atoms with van der Waals surface area (Å²) in [5, 5.41) is 117. The van der Waals surface area contributed by atoms with Gasteiger partial charge >= 0.3 is 0 Å². The fraction of sp³-hybridized carbons (Fsp3) is 0.962. The molecule has 0 aromatic carbocycles. The van der Waals surface area contributed by atoms with Crippen molar-refractivity contribution in [2.24, 2.45) is 0 Å². The topological polar surface area (TPSA) is 316 Å². The second-order valence-electron chi connectivity index (χ2n) is 11.8. The highest BCUT2D eigenvalue weighted by Gasteiger charge is 2.55. The van der Waals surface area contributed by atoms with Crippen molar-refractivity contribution in [1.29, 1.82) is 0 Å². The summed E-state index contributed by atoms with van der Waals surface area (Å²) in [6.07, 6.45) is -30.9. The number of amides is 1. The molecule has 0 radical (unpaired) electrons. The SMILES string of the molecule is CC(=O)N[C@H]1[C@H](O[C@@H]2[C@H](O)[C@@H](O)[C@H](C)O[C@H]2O)O[C@H](CO)[C@@H](O)[C@@H]1O[C@@H]1O[C@@H](CO)[C@H](O)[C@@H](O[C@@H]2O[C@@H](C)[C@H](O)[C@@H](O)[C@H]2O)[C@H]1O. The Bertz CT molecular complexity index is 997. The van der Waals surface area contributed by atoms with Gasteiger partial charge in [0.05, 0.1) is 25.4 Å². The van der Waals surface area contributed by atoms with E-state index in [1.807, 2.05) is 0 Å². The zero-order chi connectivity index (χ0) is 34.2. The van der Waals surface area contributed by atoms with E-state index in [4.69, 9.17) is 33.2 Å². The fourth-order valence-corrected chi connectivity index (χ4v) is 5.82. The summed E-state index contributed by atoms with van der Waals surface area (Å²) in [7, 11) is 0. The number of rotatable bonds is 9. The molecule has 0 aliphatic carbocycles. The van der Waals surface area contributed by atoms with Gasteiger partial charge in [0.1, 0.15) is 85.4 Å². The first-order valence-electron chi connectivity index (χ1n) is 14.8. The monoisotopic (exact) mass is 675 g/mol. The van der Waals surface area contributed by atoms with Gasteiger partial charge in [0, 0.05) is 6.92 Å². The standard InChI is InChI=1S/C26H45NO19/c1-6-13(32)17(36)22(23(39)40-6)46-24-11(27-8(3)30)20(14(33)9(4-28)42-24)44-26-19(38)21(15(34)10(5-29)43-26)45-25-18(37)16(35)12(31)7(2)41-25/h6-7,9-26,28-29,31-39H,4-5H2,1-3H3,(H,27,30)/t6-,7-,9+,10-,11+,12-,13-,14+,15-,16+,17+,18+,19+,20+,21+,22+,23+,24-,25-,26-/m0/s1. The average molecular weight is 676 g/mol. The van der Waals surface area contributed by atoms with E-state index in [0.29, 0.717) is 0 Å². The molecule has 4 aliphatic heterocycles. The number of nitrogens with one attached hydrogen (secondary N) is 1. The summed E-state index contributed by atoms with van der Waals surface area (Å²) in [5.74, 6) is -0.714. The van der Waals surface area contributed by atoms with Gasteiger partial charge in [0.2, 0.25) is 5.91 Å². The zero-order valence-electron chi connectivity index (χ0n) is 25.1. The Morgan fingerprint density at radius 3 is 1.63 bits per heavy atom. The maximum atomic E-state index is 12.2. The molecule has 0 aromatic heterocycles. The second-order valence-corrected chi connectivity index (χ2v) is 11.8. The summed E-state index contributed by atoms with van der Waals surface area (Å²) in [5.41, 5.74) is 0. The fourth-order valence-electron chi connectivity index (χ4n) is 5.82. The van der Waals surface area contributed by atoms with Gasteiger partial charge in [0.25, 0.3) is 0 Å². The predicted octanol–water partition coefficient (Wildman–Crippen LogP) is -7.55. The quantitative estimate of drug-likeness (QED) is 0.108. The number of ether oxygens (including phenoxy) is 7. The molecule has 20 atom stereocenters. The molecule has 20 nitrogen and oxygen atoms in total. The number of aliphatic hydroxyl groups is 11. The van der Waals surface area contributed by atoms with Crippen molar-refractivity contribution >= 4 is 5.91 Å². The normalized spacial score (nSPS) is 51.9. The molecule has 4 rings (SSSR count). The molecule has 0 unspecified atom stereocenters. The third kappa shape index (κ3) is 7.64. The van der Waals surface area contributed by atoms with Crippen molar-refractivity contribution in [3.63, 3.8) is 0 Å². The van der Waals surface area contributed by atoms with Crippen LogP contribution in [-0.4, -0.2) is 198 Å². The first-order chi connectivity index (χ1) is 21.6. The molecular formula is C26H45NO19. The first kappa shape index (κ1) is 37.6. The van der Waals surface area contributed by atoms with Crippen molar-refractivity contribution in [2.75, 3.05) is 13.2 Å². The van der Waals surface area contributed by atoms with Crippen LogP contribution in [0.1, 0.15) is 20.8 Å². The molecule has 4 aliphatic rings. The maximum absolute atomic E-state index is 12.2. The highest BCUT2D eigenvalue weighted by molar-refractivity contribution is 5.73. The van der Waals surface area contributed by atoms with E-state index >= 15 is 0 Å². The van der Waals surface area contributed by atoms with Crippen molar-refractivity contribution in [3.05, 3.63) is 0 Å². The van der Waals surface area contributed by atoms with Crippen LogP contribution >= 0.6 is 0 Å². The smallest absolute Gasteiger partial charge is 0.217 e. The van der Waals surface area contributed by atoms with Crippen LogP contribution in [0.5, 0.6) is 0 Å². The number of hydrogen-bond donors (Lipinski definition) is 12. The Balaban J connectivity index is 1.60. The number of aliphatic hydroxyl groups excluding tert-OH is 11. The molecular weight excluding hydrogens is 630 g/mol. The predicted molar refractivity (Wildman–Crippen MR) is 143 cm³/mol. The van der Waals surface area contributed by atoms with Crippen LogP contribution in [0.3, 0.4) is 0 Å². The maximum Gasteiger partial charge on any atom is 0.217 e. The molecule has 0 saturated carbocycles. The Morgan fingerprint density at radius 2 is 1.04 bits per heavy atom. The van der Waals surface area contributed by atoms with Crippen LogP contribution in [0.4, 0.5) is 0 Å². The Kier molecular flexibility index (Phi) is 12.7. The average Bonchev–Trinajstić information content (AvgIpc) is 3.01. The lowest BCUT2D eigenvalue weighted by Crippen LogP contribution is -2.70. The minimum Gasteiger partial charge on any atom is -0.394 e. The third-order valence-electron chi connectivity index (χ3n) is 8.53. The molecule has 4 heterocycles. The number of hydrogen-bond acceptors (Lipinski definition) is 19. The largest absolute Gasteiger partial charge is 0.394 e. The van der Waals surface area contributed by atoms with Gasteiger partial charge < -0.3 is 94.6 Å². The Morgan fingerprint density at radius 1 is 0.565 bits per heavy atom. The van der Waals surface area contributed by atoms with E-state index < -0.39 is 142 Å². The Labute approximate surface area is 262 Å². The molecule has 1 amide bonds. The molecule has 4 fully saturated rings. The second kappa shape index (κ2) is 15.5. The van der Waals surface area contributed by atoms with Crippen LogP contribution in [0, 0.1) is 0 Å². The summed E-state index contributed by atoms with van der Waals surface area (Å²) >= 11 is 0. The lowest BCUT2D eigenvalue weighted by atomic mass is 9.94.